The van der Waals surface area contributed by atoms with E-state index in [2.05, 4.69) is 11.0 Å². The van der Waals surface area contributed by atoms with E-state index in [4.69, 9.17) is 10.4 Å². The van der Waals surface area contributed by atoms with Gasteiger partial charge < -0.3 is 10.0 Å². The number of aliphatic hydroxyl groups excluding tert-OH is 1. The van der Waals surface area contributed by atoms with Crippen molar-refractivity contribution in [1.29, 1.82) is 5.41 Å². The van der Waals surface area contributed by atoms with Gasteiger partial charge in [0.2, 0.25) is 0 Å². The number of para-hydroxylation sites is 1. The maximum absolute atomic E-state index is 10.7. The smallest absolute Gasteiger partial charge is 0.135 e. The number of hydrogen-bond donors (Lipinski definition) is 2. The second kappa shape index (κ2) is 9.08. The first-order valence-electron chi connectivity index (χ1n) is 10.9. The van der Waals surface area contributed by atoms with E-state index in [1.165, 1.54) is 57.8 Å². The topological polar surface area (TPSA) is 60.2 Å². The van der Waals surface area contributed by atoms with Crippen molar-refractivity contribution in [2.75, 3.05) is 6.54 Å². The first-order chi connectivity index (χ1) is 13.7. The third-order valence-electron chi connectivity index (χ3n) is 6.16. The summed E-state index contributed by atoms with van der Waals surface area (Å²) in [5.41, 5.74) is 1.59. The van der Waals surface area contributed by atoms with Crippen LogP contribution in [0.5, 0.6) is 0 Å². The molecule has 5 heteroatoms. The lowest BCUT2D eigenvalue weighted by Gasteiger charge is -2.30. The van der Waals surface area contributed by atoms with Gasteiger partial charge in [-0.05, 0) is 25.0 Å². The fraction of sp³-hybridized carbons (Fsp3) is 0.565. The summed E-state index contributed by atoms with van der Waals surface area (Å²) in [5.74, 6) is 0.781. The Kier molecular flexibility index (Phi) is 6.30. The average molecular weight is 398 g/mol. The molecule has 4 nitrogen and oxygen atoms in total. The summed E-state index contributed by atoms with van der Waals surface area (Å²) < 4.78 is 1.11. The summed E-state index contributed by atoms with van der Waals surface area (Å²) in [6.45, 7) is 0.467. The standard InChI is InChI=1S/C23H31N3OS/c24-22-21(23-25-18-14-10-11-15-20(18)28-23)19(27)16-26(22)17-12-8-6-4-2-1-3-5-7-9-13-17/h10-11,14-15,17,24,27H,1-9,12-13,16H2. The van der Waals surface area contributed by atoms with Crippen LogP contribution in [-0.2, 0) is 0 Å². The van der Waals surface area contributed by atoms with Gasteiger partial charge in [0.15, 0.2) is 0 Å². The monoisotopic (exact) mass is 397 g/mol. The molecule has 1 fully saturated rings. The highest BCUT2D eigenvalue weighted by molar-refractivity contribution is 7.19. The van der Waals surface area contributed by atoms with E-state index in [1.807, 2.05) is 18.2 Å². The summed E-state index contributed by atoms with van der Waals surface area (Å²) in [5, 5.41) is 20.3. The molecule has 0 atom stereocenters. The van der Waals surface area contributed by atoms with Gasteiger partial charge in [0, 0.05) is 6.04 Å². The van der Waals surface area contributed by atoms with Crippen molar-refractivity contribution in [3.8, 4) is 0 Å². The number of amidine groups is 1. The molecule has 0 amide bonds. The third kappa shape index (κ3) is 4.24. The number of aliphatic hydroxyl groups is 1. The zero-order valence-corrected chi connectivity index (χ0v) is 17.4. The van der Waals surface area contributed by atoms with Crippen molar-refractivity contribution >= 4 is 33.0 Å². The molecule has 150 valence electrons. The second-order valence-electron chi connectivity index (χ2n) is 8.20. The molecule has 1 aliphatic carbocycles. The molecule has 4 rings (SSSR count). The SMILES string of the molecule is N=C1C(c2nc3ccccc3s2)=C(O)CN1C1CCCCCCCCCCC1. The number of aromatic nitrogens is 1. The van der Waals surface area contributed by atoms with Gasteiger partial charge in [0.05, 0.1) is 22.3 Å². The fourth-order valence-electron chi connectivity index (χ4n) is 4.57. The van der Waals surface area contributed by atoms with Gasteiger partial charge in [-0.15, -0.1) is 11.3 Å². The Hall–Kier alpha value is -1.88. The minimum Gasteiger partial charge on any atom is -0.510 e. The van der Waals surface area contributed by atoms with E-state index in [0.717, 1.165) is 28.1 Å². The Morgan fingerprint density at radius 3 is 2.18 bits per heavy atom. The quantitative estimate of drug-likeness (QED) is 0.605. The zero-order valence-electron chi connectivity index (χ0n) is 16.6. The molecular weight excluding hydrogens is 366 g/mol. The van der Waals surface area contributed by atoms with Crippen LogP contribution in [-0.4, -0.2) is 33.4 Å². The van der Waals surface area contributed by atoms with Gasteiger partial charge in [-0.3, -0.25) is 5.41 Å². The summed E-state index contributed by atoms with van der Waals surface area (Å²) in [4.78, 5) is 6.83. The number of nitrogens with zero attached hydrogens (tertiary/aromatic N) is 2. The molecule has 2 aliphatic rings. The molecule has 2 aromatic rings. The highest BCUT2D eigenvalue weighted by atomic mass is 32.1. The Morgan fingerprint density at radius 1 is 0.929 bits per heavy atom. The Balaban J connectivity index is 1.50. The highest BCUT2D eigenvalue weighted by Crippen LogP contribution is 2.35. The molecule has 0 saturated heterocycles. The van der Waals surface area contributed by atoms with E-state index >= 15 is 0 Å². The Morgan fingerprint density at radius 2 is 1.54 bits per heavy atom. The lowest BCUT2D eigenvalue weighted by molar-refractivity contribution is 0.259. The summed E-state index contributed by atoms with van der Waals surface area (Å²) in [7, 11) is 0. The van der Waals surface area contributed by atoms with Crippen molar-refractivity contribution in [1.82, 2.24) is 9.88 Å². The van der Waals surface area contributed by atoms with Crippen LogP contribution in [0.1, 0.15) is 75.6 Å². The number of benzene rings is 1. The molecule has 1 aromatic carbocycles. The predicted molar refractivity (Wildman–Crippen MR) is 118 cm³/mol. The van der Waals surface area contributed by atoms with Crippen molar-refractivity contribution in [2.45, 2.75) is 76.7 Å². The van der Waals surface area contributed by atoms with Crippen LogP contribution in [0.15, 0.2) is 30.0 Å². The van der Waals surface area contributed by atoms with Crippen LogP contribution in [0, 0.1) is 5.41 Å². The van der Waals surface area contributed by atoms with Gasteiger partial charge in [0.25, 0.3) is 0 Å². The minimum atomic E-state index is 0.315. The van der Waals surface area contributed by atoms with Gasteiger partial charge in [-0.1, -0.05) is 69.9 Å². The number of thiazole rings is 1. The van der Waals surface area contributed by atoms with Gasteiger partial charge >= 0.3 is 0 Å². The molecule has 2 heterocycles. The van der Waals surface area contributed by atoms with E-state index in [1.54, 1.807) is 11.3 Å². The number of fused-ring (bicyclic) bond motifs is 1. The lowest BCUT2D eigenvalue weighted by atomic mass is 9.97. The van der Waals surface area contributed by atoms with E-state index in [0.29, 0.717) is 29.8 Å². The van der Waals surface area contributed by atoms with Crippen molar-refractivity contribution in [3.05, 3.63) is 35.0 Å². The Bertz CT molecular complexity index is 811. The van der Waals surface area contributed by atoms with Gasteiger partial charge in [-0.25, -0.2) is 4.98 Å². The molecule has 28 heavy (non-hydrogen) atoms. The molecule has 1 aromatic heterocycles. The molecule has 0 radical (unpaired) electrons. The predicted octanol–water partition coefficient (Wildman–Crippen LogP) is 6.53. The van der Waals surface area contributed by atoms with Crippen LogP contribution in [0.25, 0.3) is 15.8 Å². The van der Waals surface area contributed by atoms with Gasteiger partial charge in [-0.2, -0.15) is 0 Å². The van der Waals surface area contributed by atoms with Crippen LogP contribution < -0.4 is 0 Å². The van der Waals surface area contributed by atoms with Crippen LogP contribution >= 0.6 is 11.3 Å². The second-order valence-corrected chi connectivity index (χ2v) is 9.23. The van der Waals surface area contributed by atoms with E-state index in [-0.39, 0.29) is 0 Å². The number of hydrogen-bond acceptors (Lipinski definition) is 4. The van der Waals surface area contributed by atoms with Crippen LogP contribution in [0.4, 0.5) is 0 Å². The van der Waals surface area contributed by atoms with Crippen molar-refractivity contribution < 1.29 is 5.11 Å². The van der Waals surface area contributed by atoms with Gasteiger partial charge in [0.1, 0.15) is 16.6 Å². The fourth-order valence-corrected chi connectivity index (χ4v) is 5.60. The molecule has 1 aliphatic heterocycles. The molecule has 0 spiro atoms. The lowest BCUT2D eigenvalue weighted by Crippen LogP contribution is -2.37. The number of nitrogens with one attached hydrogen (secondary N) is 1. The maximum Gasteiger partial charge on any atom is 0.135 e. The maximum atomic E-state index is 10.7. The summed E-state index contributed by atoms with van der Waals surface area (Å²) >= 11 is 1.57. The van der Waals surface area contributed by atoms with E-state index in [9.17, 15) is 5.11 Å². The third-order valence-corrected chi connectivity index (χ3v) is 7.21. The minimum absolute atomic E-state index is 0.315. The zero-order chi connectivity index (χ0) is 19.3. The molecule has 0 unspecified atom stereocenters. The summed E-state index contributed by atoms with van der Waals surface area (Å²) in [6, 6.07) is 8.40. The molecule has 0 bridgehead atoms. The normalized spacial score (nSPS) is 21.1. The first-order valence-corrected chi connectivity index (χ1v) is 11.7. The molecule has 1 saturated carbocycles. The molecule has 2 N–H and O–H groups in total. The highest BCUT2D eigenvalue weighted by Gasteiger charge is 2.34. The summed E-state index contributed by atoms with van der Waals surface area (Å²) in [6.07, 6.45) is 14.1. The Labute approximate surface area is 171 Å². The largest absolute Gasteiger partial charge is 0.510 e. The average Bonchev–Trinajstić information content (AvgIpc) is 3.22. The van der Waals surface area contributed by atoms with Crippen LogP contribution in [0.3, 0.4) is 0 Å². The van der Waals surface area contributed by atoms with E-state index < -0.39 is 0 Å². The van der Waals surface area contributed by atoms with Crippen molar-refractivity contribution in [2.24, 2.45) is 0 Å². The van der Waals surface area contributed by atoms with Crippen LogP contribution in [0.2, 0.25) is 0 Å². The first kappa shape index (κ1) is 19.4. The number of rotatable bonds is 2. The van der Waals surface area contributed by atoms with Crippen molar-refractivity contribution in [3.63, 3.8) is 0 Å². The molecular formula is C23H31N3OS.